The highest BCUT2D eigenvalue weighted by Gasteiger charge is 2.22. The van der Waals surface area contributed by atoms with E-state index in [0.29, 0.717) is 16.0 Å². The standard InChI is InChI=1S/C21H18N2O2S/c1-13-7-8-15(14(2)10-13)11-18(24)19-17-6-4-5-9-23(17)21(25)16(12-22)20(19)26-3/h4-10H,11H2,1-3H3. The third kappa shape index (κ3) is 3.04. The maximum absolute atomic E-state index is 13.2. The number of hydrogen-bond donors (Lipinski definition) is 0. The first-order chi connectivity index (χ1) is 12.5. The average Bonchev–Trinajstić information content (AvgIpc) is 2.63. The highest BCUT2D eigenvalue weighted by Crippen LogP contribution is 2.28. The minimum absolute atomic E-state index is 0.0187. The van der Waals surface area contributed by atoms with Gasteiger partial charge in [-0.3, -0.25) is 14.0 Å². The Labute approximate surface area is 156 Å². The maximum Gasteiger partial charge on any atom is 0.274 e. The zero-order chi connectivity index (χ0) is 18.8. The molecule has 3 aromatic rings. The third-order valence-corrected chi connectivity index (χ3v) is 5.26. The Morgan fingerprint density at radius 3 is 2.65 bits per heavy atom. The largest absolute Gasteiger partial charge is 0.294 e. The molecular formula is C21H18N2O2S. The molecule has 5 heteroatoms. The van der Waals surface area contributed by atoms with Gasteiger partial charge in [0, 0.05) is 17.5 Å². The van der Waals surface area contributed by atoms with Crippen LogP contribution in [0.4, 0.5) is 0 Å². The van der Waals surface area contributed by atoms with Crippen molar-refractivity contribution >= 4 is 23.1 Å². The lowest BCUT2D eigenvalue weighted by Crippen LogP contribution is -2.22. The van der Waals surface area contributed by atoms with Crippen molar-refractivity contribution in [1.82, 2.24) is 4.40 Å². The van der Waals surface area contributed by atoms with Crippen LogP contribution in [0, 0.1) is 25.2 Å². The maximum atomic E-state index is 13.2. The van der Waals surface area contributed by atoms with Crippen LogP contribution in [0.3, 0.4) is 0 Å². The molecule has 0 aliphatic rings. The normalized spacial score (nSPS) is 10.7. The van der Waals surface area contributed by atoms with Gasteiger partial charge in [-0.15, -0.1) is 11.8 Å². The SMILES string of the molecule is CSc1c(C#N)c(=O)n2ccccc2c1C(=O)Cc1ccc(C)cc1C. The van der Waals surface area contributed by atoms with Crippen LogP contribution in [0.25, 0.3) is 5.52 Å². The van der Waals surface area contributed by atoms with Crippen LogP contribution in [0.15, 0.2) is 52.3 Å². The fourth-order valence-corrected chi connectivity index (χ4v) is 3.92. The summed E-state index contributed by atoms with van der Waals surface area (Å²) in [5.74, 6) is -0.0958. The minimum atomic E-state index is -0.393. The second-order valence-electron chi connectivity index (χ2n) is 6.19. The van der Waals surface area contributed by atoms with E-state index in [1.165, 1.54) is 16.2 Å². The molecule has 0 spiro atoms. The van der Waals surface area contributed by atoms with Gasteiger partial charge in [-0.05, 0) is 43.4 Å². The molecule has 130 valence electrons. The lowest BCUT2D eigenvalue weighted by Gasteiger charge is -2.14. The van der Waals surface area contributed by atoms with Gasteiger partial charge in [-0.1, -0.05) is 29.8 Å². The second kappa shape index (κ2) is 7.19. The molecule has 0 fully saturated rings. The number of nitriles is 1. The van der Waals surface area contributed by atoms with Crippen LogP contribution in [0.2, 0.25) is 0 Å². The zero-order valence-electron chi connectivity index (χ0n) is 14.9. The highest BCUT2D eigenvalue weighted by molar-refractivity contribution is 7.98. The Balaban J connectivity index is 2.23. The summed E-state index contributed by atoms with van der Waals surface area (Å²) in [4.78, 5) is 26.2. The smallest absolute Gasteiger partial charge is 0.274 e. The molecular weight excluding hydrogens is 344 g/mol. The van der Waals surface area contributed by atoms with Gasteiger partial charge < -0.3 is 0 Å². The molecule has 0 N–H and O–H groups in total. The predicted molar refractivity (Wildman–Crippen MR) is 104 cm³/mol. The number of benzene rings is 1. The Kier molecular flexibility index (Phi) is 4.97. The summed E-state index contributed by atoms with van der Waals surface area (Å²) in [6.45, 7) is 4.00. The molecule has 2 heterocycles. The van der Waals surface area contributed by atoms with Crippen LogP contribution >= 0.6 is 11.8 Å². The number of thioether (sulfide) groups is 1. The van der Waals surface area contributed by atoms with E-state index in [1.54, 1.807) is 30.7 Å². The van der Waals surface area contributed by atoms with Gasteiger partial charge in [-0.2, -0.15) is 5.26 Å². The second-order valence-corrected chi connectivity index (χ2v) is 7.00. The number of carbonyl (C=O) groups is 1. The minimum Gasteiger partial charge on any atom is -0.294 e. The van der Waals surface area contributed by atoms with Gasteiger partial charge in [0.15, 0.2) is 5.78 Å². The topological polar surface area (TPSA) is 62.3 Å². The van der Waals surface area contributed by atoms with Crippen molar-refractivity contribution in [2.45, 2.75) is 25.2 Å². The van der Waals surface area contributed by atoms with Gasteiger partial charge in [0.2, 0.25) is 0 Å². The molecule has 0 amide bonds. The average molecular weight is 362 g/mol. The monoisotopic (exact) mass is 362 g/mol. The predicted octanol–water partition coefficient (Wildman–Crippen LogP) is 3.94. The van der Waals surface area contributed by atoms with Crippen LogP contribution in [0.1, 0.15) is 32.6 Å². The number of aryl methyl sites for hydroxylation is 2. The quantitative estimate of drug-likeness (QED) is 0.521. The van der Waals surface area contributed by atoms with E-state index >= 15 is 0 Å². The first-order valence-corrected chi connectivity index (χ1v) is 9.41. The van der Waals surface area contributed by atoms with E-state index in [-0.39, 0.29) is 17.8 Å². The molecule has 0 saturated carbocycles. The van der Waals surface area contributed by atoms with E-state index in [1.807, 2.05) is 38.1 Å². The van der Waals surface area contributed by atoms with E-state index in [9.17, 15) is 14.9 Å². The number of pyridine rings is 2. The first kappa shape index (κ1) is 18.0. The summed E-state index contributed by atoms with van der Waals surface area (Å²) in [5.41, 5.74) is 3.76. The lowest BCUT2D eigenvalue weighted by molar-refractivity contribution is 0.0991. The summed E-state index contributed by atoms with van der Waals surface area (Å²) >= 11 is 1.26. The molecule has 1 aromatic carbocycles. The molecule has 0 aliphatic heterocycles. The van der Waals surface area contributed by atoms with Gasteiger partial charge in [0.1, 0.15) is 11.6 Å². The van der Waals surface area contributed by atoms with Crippen molar-refractivity contribution in [3.8, 4) is 6.07 Å². The van der Waals surface area contributed by atoms with Gasteiger partial charge in [0.25, 0.3) is 5.56 Å². The Morgan fingerprint density at radius 1 is 1.23 bits per heavy atom. The summed E-state index contributed by atoms with van der Waals surface area (Å²) in [6.07, 6.45) is 3.60. The molecule has 0 bridgehead atoms. The number of aromatic nitrogens is 1. The van der Waals surface area contributed by atoms with E-state index < -0.39 is 5.56 Å². The summed E-state index contributed by atoms with van der Waals surface area (Å²) in [5, 5.41) is 9.47. The molecule has 0 radical (unpaired) electrons. The number of Topliss-reactive ketones (excluding diaryl/α,β-unsaturated/α-hetero) is 1. The number of fused-ring (bicyclic) bond motifs is 1. The van der Waals surface area contributed by atoms with Crippen molar-refractivity contribution in [2.24, 2.45) is 0 Å². The van der Waals surface area contributed by atoms with E-state index in [0.717, 1.165) is 16.7 Å². The molecule has 3 rings (SSSR count). The van der Waals surface area contributed by atoms with Gasteiger partial charge in [0.05, 0.1) is 11.1 Å². The summed E-state index contributed by atoms with van der Waals surface area (Å²) in [7, 11) is 0. The van der Waals surface area contributed by atoms with Gasteiger partial charge in [-0.25, -0.2) is 0 Å². The molecule has 0 atom stereocenters. The fourth-order valence-electron chi connectivity index (χ4n) is 3.16. The number of hydrogen-bond acceptors (Lipinski definition) is 4. The van der Waals surface area contributed by atoms with Crippen molar-refractivity contribution < 1.29 is 4.79 Å². The van der Waals surface area contributed by atoms with Crippen LogP contribution in [-0.4, -0.2) is 16.4 Å². The number of ketones is 1. The molecule has 26 heavy (non-hydrogen) atoms. The van der Waals surface area contributed by atoms with Crippen molar-refractivity contribution in [1.29, 1.82) is 5.26 Å². The fraction of sp³-hybridized carbons (Fsp3) is 0.190. The molecule has 4 nitrogen and oxygen atoms in total. The Morgan fingerprint density at radius 2 is 2.00 bits per heavy atom. The molecule has 2 aromatic heterocycles. The van der Waals surface area contributed by atoms with Crippen LogP contribution in [0.5, 0.6) is 0 Å². The van der Waals surface area contributed by atoms with Crippen molar-refractivity contribution in [2.75, 3.05) is 6.26 Å². The Bertz CT molecular complexity index is 1120. The number of rotatable bonds is 4. The van der Waals surface area contributed by atoms with Crippen molar-refractivity contribution in [3.05, 3.63) is 80.8 Å². The first-order valence-electron chi connectivity index (χ1n) is 8.18. The number of nitrogens with zero attached hydrogens (tertiary/aromatic N) is 2. The molecule has 0 aliphatic carbocycles. The zero-order valence-corrected chi connectivity index (χ0v) is 15.7. The van der Waals surface area contributed by atoms with E-state index in [4.69, 9.17) is 0 Å². The lowest BCUT2D eigenvalue weighted by atomic mass is 9.97. The number of carbonyl (C=O) groups excluding carboxylic acids is 1. The third-order valence-electron chi connectivity index (χ3n) is 4.45. The summed E-state index contributed by atoms with van der Waals surface area (Å²) in [6, 6.07) is 13.2. The van der Waals surface area contributed by atoms with Crippen LogP contribution < -0.4 is 5.56 Å². The molecule has 0 unspecified atom stereocenters. The van der Waals surface area contributed by atoms with Crippen LogP contribution in [-0.2, 0) is 6.42 Å². The van der Waals surface area contributed by atoms with Gasteiger partial charge >= 0.3 is 0 Å². The summed E-state index contributed by atoms with van der Waals surface area (Å²) < 4.78 is 1.38. The highest BCUT2D eigenvalue weighted by atomic mass is 32.2. The van der Waals surface area contributed by atoms with E-state index in [2.05, 4.69) is 0 Å². The molecule has 0 saturated heterocycles. The Hall–Kier alpha value is -2.84. The van der Waals surface area contributed by atoms with Crippen molar-refractivity contribution in [3.63, 3.8) is 0 Å².